The molecule has 180 valence electrons. The summed E-state index contributed by atoms with van der Waals surface area (Å²) >= 11 is 1.65. The van der Waals surface area contributed by atoms with Crippen molar-refractivity contribution < 1.29 is 4.57 Å². The molecule has 0 aliphatic rings. The minimum atomic E-state index is -3.37. The van der Waals surface area contributed by atoms with Gasteiger partial charge in [-0.25, -0.2) is 4.68 Å². The summed E-state index contributed by atoms with van der Waals surface area (Å²) in [6, 6.07) is 36.7. The molecule has 1 aromatic heterocycles. The number of para-hydroxylation sites is 1. The van der Waals surface area contributed by atoms with Crippen molar-refractivity contribution in [2.24, 2.45) is 0 Å². The van der Waals surface area contributed by atoms with Crippen LogP contribution in [-0.4, -0.2) is 16.0 Å². The highest BCUT2D eigenvalue weighted by Crippen LogP contribution is 2.60. The number of hydrogen-bond acceptors (Lipinski definition) is 3. The molecule has 1 heterocycles. The van der Waals surface area contributed by atoms with Crippen molar-refractivity contribution >= 4 is 29.5 Å². The number of nitrogens with one attached hydrogen (secondary N) is 1. The fourth-order valence-corrected chi connectivity index (χ4v) is 8.52. The standard InChI is InChI=1S/C30H27N2O2PS/c1-22-28(30(33)32(31-22)24-12-6-3-7-13-24)29(23-18-20-27(36-2)21-19-23)35(34,25-14-8-4-9-15-25)26-16-10-5-11-17-26/h3-21,29,31H,1-2H3. The maximum atomic E-state index is 15.6. The minimum absolute atomic E-state index is 0.190. The monoisotopic (exact) mass is 510 g/mol. The molecule has 0 aliphatic carbocycles. The van der Waals surface area contributed by atoms with Gasteiger partial charge in [-0.2, -0.15) is 0 Å². The van der Waals surface area contributed by atoms with Crippen LogP contribution >= 0.6 is 18.9 Å². The molecule has 0 saturated carbocycles. The zero-order chi connectivity index (χ0) is 25.1. The highest BCUT2D eigenvalue weighted by molar-refractivity contribution is 7.98. The van der Waals surface area contributed by atoms with E-state index in [9.17, 15) is 4.79 Å². The maximum absolute atomic E-state index is 15.6. The summed E-state index contributed by atoms with van der Waals surface area (Å²) in [4.78, 5) is 15.2. The van der Waals surface area contributed by atoms with Gasteiger partial charge in [-0.1, -0.05) is 91.0 Å². The largest absolute Gasteiger partial charge is 0.313 e. The van der Waals surface area contributed by atoms with Gasteiger partial charge in [-0.15, -0.1) is 11.8 Å². The summed E-state index contributed by atoms with van der Waals surface area (Å²) in [5.74, 6) is 0. The number of rotatable bonds is 7. The van der Waals surface area contributed by atoms with E-state index in [-0.39, 0.29) is 5.56 Å². The van der Waals surface area contributed by atoms with Gasteiger partial charge in [-0.05, 0) is 43.0 Å². The van der Waals surface area contributed by atoms with E-state index in [1.807, 2.05) is 128 Å². The second kappa shape index (κ2) is 10.2. The predicted molar refractivity (Wildman–Crippen MR) is 151 cm³/mol. The molecule has 4 aromatic carbocycles. The van der Waals surface area contributed by atoms with Crippen molar-refractivity contribution in [1.82, 2.24) is 9.78 Å². The van der Waals surface area contributed by atoms with Crippen LogP contribution in [0.3, 0.4) is 0 Å². The Kier molecular flexibility index (Phi) is 6.86. The number of nitrogens with zero attached hydrogens (tertiary/aromatic N) is 1. The Bertz CT molecular complexity index is 1520. The molecule has 0 aliphatic heterocycles. The number of thioether (sulfide) groups is 1. The van der Waals surface area contributed by atoms with Gasteiger partial charge in [0.1, 0.15) is 0 Å². The highest BCUT2D eigenvalue weighted by atomic mass is 32.2. The second-order valence-corrected chi connectivity index (χ2v) is 12.4. The van der Waals surface area contributed by atoms with Gasteiger partial charge in [0.15, 0.2) is 7.14 Å². The zero-order valence-electron chi connectivity index (χ0n) is 20.2. The van der Waals surface area contributed by atoms with Gasteiger partial charge in [0.05, 0.1) is 16.9 Å². The van der Waals surface area contributed by atoms with Crippen molar-refractivity contribution in [2.45, 2.75) is 17.5 Å². The molecular formula is C30H27N2O2PS. The summed E-state index contributed by atoms with van der Waals surface area (Å²) in [7, 11) is -3.37. The maximum Gasteiger partial charge on any atom is 0.275 e. The number of hydrogen-bond donors (Lipinski definition) is 1. The number of H-pyrrole nitrogens is 1. The fourth-order valence-electron chi connectivity index (χ4n) is 4.73. The number of aromatic amines is 1. The SMILES string of the molecule is CSc1ccc(C(c2c(C)[nH]n(-c3ccccc3)c2=O)P(=O)(c2ccccc2)c2ccccc2)cc1. The molecule has 0 radical (unpaired) electrons. The molecule has 36 heavy (non-hydrogen) atoms. The lowest BCUT2D eigenvalue weighted by molar-refractivity contribution is 0.582. The molecule has 1 unspecified atom stereocenters. The van der Waals surface area contributed by atoms with Gasteiger partial charge in [0.25, 0.3) is 5.56 Å². The summed E-state index contributed by atoms with van der Waals surface area (Å²) in [5, 5.41) is 4.70. The zero-order valence-corrected chi connectivity index (χ0v) is 21.9. The minimum Gasteiger partial charge on any atom is -0.313 e. The van der Waals surface area contributed by atoms with Gasteiger partial charge in [0.2, 0.25) is 0 Å². The molecule has 1 atom stereocenters. The molecule has 1 N–H and O–H groups in total. The van der Waals surface area contributed by atoms with Gasteiger partial charge in [-0.3, -0.25) is 9.89 Å². The fraction of sp³-hybridized carbons (Fsp3) is 0.100. The van der Waals surface area contributed by atoms with Gasteiger partial charge < -0.3 is 4.57 Å². The smallest absolute Gasteiger partial charge is 0.275 e. The Morgan fingerprint density at radius 1 is 0.750 bits per heavy atom. The molecule has 0 saturated heterocycles. The third-order valence-corrected chi connectivity index (χ3v) is 10.6. The van der Waals surface area contributed by atoms with Gasteiger partial charge >= 0.3 is 0 Å². The first-order valence-corrected chi connectivity index (χ1v) is 14.8. The Labute approximate surface area is 215 Å². The second-order valence-electron chi connectivity index (χ2n) is 8.63. The number of aryl methyl sites for hydroxylation is 1. The van der Waals surface area contributed by atoms with Crippen LogP contribution in [0.4, 0.5) is 0 Å². The molecule has 0 amide bonds. The van der Waals surface area contributed by atoms with E-state index < -0.39 is 12.8 Å². The quantitative estimate of drug-likeness (QED) is 0.207. The molecule has 5 aromatic rings. The molecule has 5 rings (SSSR count). The first-order chi connectivity index (χ1) is 17.5. The van der Waals surface area contributed by atoms with E-state index in [0.29, 0.717) is 11.3 Å². The van der Waals surface area contributed by atoms with Crippen molar-refractivity contribution in [2.75, 3.05) is 6.26 Å². The summed E-state index contributed by atoms with van der Waals surface area (Å²) < 4.78 is 17.1. The van der Waals surface area contributed by atoms with Crippen LogP contribution < -0.4 is 16.2 Å². The molecule has 6 heteroatoms. The average molecular weight is 511 g/mol. The van der Waals surface area contributed by atoms with E-state index >= 15 is 4.57 Å². The van der Waals surface area contributed by atoms with Crippen LogP contribution in [0.15, 0.2) is 125 Å². The van der Waals surface area contributed by atoms with Crippen molar-refractivity contribution in [1.29, 1.82) is 0 Å². The van der Waals surface area contributed by atoms with E-state index in [4.69, 9.17) is 0 Å². The van der Waals surface area contributed by atoms with E-state index in [1.54, 1.807) is 16.4 Å². The molecule has 0 bridgehead atoms. The molecule has 4 nitrogen and oxygen atoms in total. The highest BCUT2D eigenvalue weighted by Gasteiger charge is 2.42. The first kappa shape index (κ1) is 24.2. The Balaban J connectivity index is 1.84. The van der Waals surface area contributed by atoms with Crippen molar-refractivity contribution in [3.8, 4) is 5.69 Å². The van der Waals surface area contributed by atoms with Crippen LogP contribution in [0.1, 0.15) is 22.5 Å². The van der Waals surface area contributed by atoms with Crippen LogP contribution in [0.25, 0.3) is 5.69 Å². The van der Waals surface area contributed by atoms with Crippen molar-refractivity contribution in [3.63, 3.8) is 0 Å². The third-order valence-electron chi connectivity index (χ3n) is 6.48. The summed E-state index contributed by atoms with van der Waals surface area (Å²) in [6.45, 7) is 1.89. The van der Waals surface area contributed by atoms with E-state index in [2.05, 4.69) is 5.10 Å². The summed E-state index contributed by atoms with van der Waals surface area (Å²) in [5.41, 5.74) is 1.96. The van der Waals surface area contributed by atoms with Crippen LogP contribution in [-0.2, 0) is 4.57 Å². The number of benzene rings is 4. The lowest BCUT2D eigenvalue weighted by atomic mass is 10.1. The molecule has 0 spiro atoms. The van der Waals surface area contributed by atoms with Crippen LogP contribution in [0.2, 0.25) is 0 Å². The Morgan fingerprint density at radius 3 is 1.75 bits per heavy atom. The normalized spacial score (nSPS) is 12.4. The number of aromatic nitrogens is 2. The van der Waals surface area contributed by atoms with Crippen molar-refractivity contribution in [3.05, 3.63) is 142 Å². The third kappa shape index (κ3) is 4.30. The topological polar surface area (TPSA) is 54.9 Å². The van der Waals surface area contributed by atoms with Crippen LogP contribution in [0.5, 0.6) is 0 Å². The van der Waals surface area contributed by atoms with E-state index in [0.717, 1.165) is 26.8 Å². The lowest BCUT2D eigenvalue weighted by Gasteiger charge is -2.29. The van der Waals surface area contributed by atoms with Crippen LogP contribution in [0, 0.1) is 6.92 Å². The summed E-state index contributed by atoms with van der Waals surface area (Å²) in [6.07, 6.45) is 2.03. The molecular weight excluding hydrogens is 483 g/mol. The van der Waals surface area contributed by atoms with Gasteiger partial charge in [0, 0.05) is 21.2 Å². The Hall–Kier alpha value is -3.53. The predicted octanol–water partition coefficient (Wildman–Crippen LogP) is 6.30. The molecule has 0 fully saturated rings. The lowest BCUT2D eigenvalue weighted by Crippen LogP contribution is -2.27. The van der Waals surface area contributed by atoms with E-state index in [1.165, 1.54) is 0 Å². The first-order valence-electron chi connectivity index (χ1n) is 11.8. The Morgan fingerprint density at radius 2 is 1.25 bits per heavy atom. The average Bonchev–Trinajstić information content (AvgIpc) is 3.24.